The zero-order chi connectivity index (χ0) is 50.7. The number of rotatable bonds is 42. The largest absolute Gasteiger partial charge is 0.387 e. The van der Waals surface area contributed by atoms with Crippen molar-refractivity contribution in [3.05, 3.63) is 33.5 Å². The van der Waals surface area contributed by atoms with E-state index in [1.807, 2.05) is 24.8 Å². The number of thiophene rings is 1. The molecule has 1 atom stereocenters. The molecule has 1 fully saturated rings. The molecule has 1 aromatic rings. The van der Waals surface area contributed by atoms with Crippen LogP contribution >= 0.6 is 11.3 Å². The third-order valence-electron chi connectivity index (χ3n) is 10.7. The van der Waals surface area contributed by atoms with Gasteiger partial charge >= 0.3 is 0 Å². The summed E-state index contributed by atoms with van der Waals surface area (Å²) in [5.74, 6) is -0.772. The molecule has 0 bridgehead atoms. The minimum Gasteiger partial charge on any atom is -0.387 e. The van der Waals surface area contributed by atoms with Crippen molar-refractivity contribution >= 4 is 58.5 Å². The van der Waals surface area contributed by atoms with Crippen LogP contribution in [-0.4, -0.2) is 222 Å². The Kier molecular flexibility index (Phi) is 30.6. The van der Waals surface area contributed by atoms with Crippen LogP contribution < -0.4 is 11.1 Å². The molecule has 23 heteroatoms. The van der Waals surface area contributed by atoms with Crippen LogP contribution in [0.1, 0.15) is 49.3 Å². The fourth-order valence-corrected chi connectivity index (χ4v) is 8.36. The highest BCUT2D eigenvalue weighted by molar-refractivity contribution is 7.13. The van der Waals surface area contributed by atoms with E-state index in [4.69, 9.17) is 57.9 Å². The van der Waals surface area contributed by atoms with Crippen LogP contribution in [0.4, 0.5) is 5.69 Å². The lowest BCUT2D eigenvalue weighted by molar-refractivity contribution is -0.180. The summed E-state index contributed by atoms with van der Waals surface area (Å²) in [6.07, 6.45) is 7.31. The zero-order valence-electron chi connectivity index (χ0n) is 41.6. The Labute approximate surface area is 421 Å². The first-order valence-corrected chi connectivity index (χ1v) is 25.5. The van der Waals surface area contributed by atoms with Gasteiger partial charge in [0, 0.05) is 55.2 Å². The maximum atomic E-state index is 13.2. The molecule has 3 aliphatic heterocycles. The van der Waals surface area contributed by atoms with E-state index in [1.165, 1.54) is 5.06 Å². The monoisotopic (exact) mass is 1020 g/mol. The van der Waals surface area contributed by atoms with Gasteiger partial charge in [0.05, 0.1) is 156 Å². The Bertz CT molecular complexity index is 1810. The topological polar surface area (TPSA) is 247 Å². The molecule has 0 spiro atoms. The summed E-state index contributed by atoms with van der Waals surface area (Å²) < 4.78 is 55.1. The van der Waals surface area contributed by atoms with Crippen LogP contribution in [0.25, 0.3) is 6.08 Å². The number of amidine groups is 1. The van der Waals surface area contributed by atoms with Crippen molar-refractivity contribution in [1.82, 2.24) is 20.2 Å². The average Bonchev–Trinajstić information content (AvgIpc) is 4.04. The number of carbonyl (C=O) groups excluding carboxylic acids is 5. The van der Waals surface area contributed by atoms with Gasteiger partial charge in [0.2, 0.25) is 11.8 Å². The third kappa shape index (κ3) is 24.8. The molecule has 5 amide bonds. The van der Waals surface area contributed by atoms with Gasteiger partial charge in [-0.3, -0.25) is 33.7 Å². The van der Waals surface area contributed by atoms with Crippen LogP contribution in [0, 0.1) is 5.92 Å². The number of likely N-dealkylation sites (tertiary alicyclic amines) is 1. The van der Waals surface area contributed by atoms with Crippen molar-refractivity contribution in [3.8, 4) is 0 Å². The van der Waals surface area contributed by atoms with Crippen molar-refractivity contribution in [1.29, 1.82) is 0 Å². The predicted molar refractivity (Wildman–Crippen MR) is 262 cm³/mol. The van der Waals surface area contributed by atoms with Crippen LogP contribution in [0.2, 0.25) is 0 Å². The molecule has 71 heavy (non-hydrogen) atoms. The van der Waals surface area contributed by atoms with Crippen LogP contribution in [0.3, 0.4) is 0 Å². The molecule has 1 aromatic heterocycles. The van der Waals surface area contributed by atoms with E-state index >= 15 is 0 Å². The summed E-state index contributed by atoms with van der Waals surface area (Å²) in [7, 11) is 0. The van der Waals surface area contributed by atoms with E-state index in [1.54, 1.807) is 11.3 Å². The molecule has 0 radical (unpaired) electrons. The van der Waals surface area contributed by atoms with Gasteiger partial charge in [0.25, 0.3) is 17.7 Å². The normalized spacial score (nSPS) is 15.6. The first-order chi connectivity index (χ1) is 34.7. The number of aliphatic imine (C=N–C) groups is 1. The lowest BCUT2D eigenvalue weighted by Gasteiger charge is -2.21. The minimum atomic E-state index is -0.497. The highest BCUT2D eigenvalue weighted by Crippen LogP contribution is 2.37. The summed E-state index contributed by atoms with van der Waals surface area (Å²) in [6.45, 7) is 14.5. The van der Waals surface area contributed by atoms with Gasteiger partial charge in [-0.25, -0.2) is 10.1 Å². The van der Waals surface area contributed by atoms with Gasteiger partial charge in [-0.1, -0.05) is 6.92 Å². The number of hydroxylamine groups is 2. The Hall–Kier alpha value is -4.24. The molecule has 3 N–H and O–H groups in total. The summed E-state index contributed by atoms with van der Waals surface area (Å²) in [6, 6.07) is 2.06. The maximum absolute atomic E-state index is 13.2. The minimum absolute atomic E-state index is 0.0929. The van der Waals surface area contributed by atoms with Crippen LogP contribution in [-0.2, 0) is 82.6 Å². The van der Waals surface area contributed by atoms with Crippen molar-refractivity contribution < 1.29 is 76.2 Å². The van der Waals surface area contributed by atoms with E-state index in [0.717, 1.165) is 58.3 Å². The van der Waals surface area contributed by atoms with Crippen molar-refractivity contribution in [2.45, 2.75) is 46.0 Å². The molecular formula is C48H76N6O16S. The smallest absolute Gasteiger partial charge is 0.273 e. The second-order valence-corrected chi connectivity index (χ2v) is 17.4. The summed E-state index contributed by atoms with van der Waals surface area (Å²) in [4.78, 5) is 75.9. The second-order valence-electron chi connectivity index (χ2n) is 16.3. The molecule has 400 valence electrons. The Morgan fingerprint density at radius 1 is 0.732 bits per heavy atom. The van der Waals surface area contributed by atoms with Gasteiger partial charge < -0.3 is 63.3 Å². The maximum Gasteiger partial charge on any atom is 0.273 e. The van der Waals surface area contributed by atoms with Crippen molar-refractivity contribution in [2.24, 2.45) is 16.6 Å². The van der Waals surface area contributed by atoms with E-state index in [9.17, 15) is 24.0 Å². The predicted octanol–water partition coefficient (Wildman–Crippen LogP) is 1.70. The number of carbonyl (C=O) groups is 5. The number of imide groups is 1. The van der Waals surface area contributed by atoms with Gasteiger partial charge in [0.15, 0.2) is 0 Å². The zero-order valence-corrected chi connectivity index (χ0v) is 42.4. The molecule has 4 rings (SSSR count). The summed E-state index contributed by atoms with van der Waals surface area (Å²) in [5.41, 5.74) is 7.57. The van der Waals surface area contributed by atoms with E-state index in [-0.39, 0.29) is 37.9 Å². The molecule has 22 nitrogen and oxygen atoms in total. The average molecular weight is 1030 g/mol. The molecular weight excluding hydrogens is 949 g/mol. The number of ether oxygens (including phenoxy) is 10. The Morgan fingerprint density at radius 2 is 1.23 bits per heavy atom. The number of amides is 5. The molecule has 0 saturated carbocycles. The fourth-order valence-electron chi connectivity index (χ4n) is 7.18. The molecule has 1 unspecified atom stereocenters. The number of nitrogens with zero attached hydrogens (tertiary/aromatic N) is 4. The third-order valence-corrected chi connectivity index (χ3v) is 11.7. The SMILES string of the molecule is CCCN(OCC)C(=O)C1=Cc2sc(CC3CCN(C(=O)CCOCCOCCOCCOCCOCCOCCOCCOCCOCCOCCNC(=O)CN4C(=O)C=CC4=O)C3)cc2N=C(N)C1. The first kappa shape index (κ1) is 59.3. The molecule has 0 aliphatic carbocycles. The van der Waals surface area contributed by atoms with Crippen molar-refractivity contribution in [2.75, 3.05) is 171 Å². The number of hydrogen-bond donors (Lipinski definition) is 2. The molecule has 4 heterocycles. The lowest BCUT2D eigenvalue weighted by atomic mass is 10.0. The highest BCUT2D eigenvalue weighted by atomic mass is 32.1. The van der Waals surface area contributed by atoms with Gasteiger partial charge in [0.1, 0.15) is 12.4 Å². The standard InChI is InChI=1S/C48H76N6O16S/c1-3-10-54(70-4-2)48(59)39-33-42-41(51-43(49)34-39)35-40(71-42)32-38-7-11-52(36-38)45(56)8-12-60-14-16-62-18-20-64-22-24-66-26-28-68-30-31-69-29-27-67-25-23-65-21-19-63-17-15-61-13-9-50-44(55)37-53-46(57)5-6-47(53)58/h5-6,33,35,38H,3-4,7-32,34,36-37H2,1-2H3,(H2,49,51)(H,50,55). The number of nitrogens with two attached hydrogens (primary N) is 1. The summed E-state index contributed by atoms with van der Waals surface area (Å²) in [5, 5.41) is 4.00. The Balaban J connectivity index is 0.833. The van der Waals surface area contributed by atoms with E-state index in [2.05, 4.69) is 16.4 Å². The fraction of sp³-hybridized carbons (Fsp3) is 0.708. The van der Waals surface area contributed by atoms with E-state index < -0.39 is 17.7 Å². The molecule has 1 saturated heterocycles. The van der Waals surface area contributed by atoms with Gasteiger partial charge in [-0.15, -0.1) is 11.3 Å². The highest BCUT2D eigenvalue weighted by Gasteiger charge is 2.28. The first-order valence-electron chi connectivity index (χ1n) is 24.6. The lowest BCUT2D eigenvalue weighted by Crippen LogP contribution is -2.41. The van der Waals surface area contributed by atoms with Gasteiger partial charge in [-0.2, -0.15) is 0 Å². The van der Waals surface area contributed by atoms with Crippen molar-refractivity contribution in [3.63, 3.8) is 0 Å². The number of fused-ring (bicyclic) bond motifs is 1. The summed E-state index contributed by atoms with van der Waals surface area (Å²) >= 11 is 1.62. The number of nitrogens with one attached hydrogen (secondary N) is 1. The Morgan fingerprint density at radius 3 is 1.72 bits per heavy atom. The van der Waals surface area contributed by atoms with E-state index in [0.29, 0.717) is 169 Å². The number of hydrogen-bond acceptors (Lipinski definition) is 19. The van der Waals surface area contributed by atoms with Crippen LogP contribution in [0.15, 0.2) is 28.8 Å². The quantitative estimate of drug-likeness (QED) is 0.0538. The second kappa shape index (κ2) is 36.6. The molecule has 3 aliphatic rings. The van der Waals surface area contributed by atoms with Crippen LogP contribution in [0.5, 0.6) is 0 Å². The molecule has 0 aromatic carbocycles. The van der Waals surface area contributed by atoms with Gasteiger partial charge in [-0.05, 0) is 44.2 Å².